The molecule has 21 heavy (non-hydrogen) atoms. The molecule has 0 bridgehead atoms. The number of rotatable bonds is 6. The Morgan fingerprint density at radius 3 is 2.14 bits per heavy atom. The van der Waals surface area contributed by atoms with E-state index < -0.39 is 0 Å². The molecule has 0 saturated heterocycles. The van der Waals surface area contributed by atoms with E-state index >= 15 is 0 Å². The molecule has 0 spiro atoms. The normalized spacial score (nSPS) is 9.90. The van der Waals surface area contributed by atoms with Crippen LogP contribution in [0, 0.1) is 0 Å². The highest BCUT2D eigenvalue weighted by atomic mass is 16.5. The summed E-state index contributed by atoms with van der Waals surface area (Å²) in [6, 6.07) is 12.5. The molecule has 0 fully saturated rings. The van der Waals surface area contributed by atoms with Crippen LogP contribution in [0.4, 0.5) is 11.4 Å². The monoisotopic (exact) mass is 285 g/mol. The molecule has 2 N–H and O–H groups in total. The summed E-state index contributed by atoms with van der Waals surface area (Å²) in [4.78, 5) is 27.0. The Hall–Kier alpha value is -2.73. The fourth-order valence-corrected chi connectivity index (χ4v) is 1.59. The lowest BCUT2D eigenvalue weighted by Gasteiger charge is -2.07. The number of carbonyl (C=O) groups is 2. The second-order valence-corrected chi connectivity index (χ2v) is 4.20. The van der Waals surface area contributed by atoms with Gasteiger partial charge in [0, 0.05) is 11.9 Å². The zero-order valence-electron chi connectivity index (χ0n) is 11.3. The number of nitrogens with one attached hydrogen (secondary N) is 2. The lowest BCUT2D eigenvalue weighted by atomic mass is 10.3. The summed E-state index contributed by atoms with van der Waals surface area (Å²) in [5.41, 5.74) is 1.27. The Morgan fingerprint density at radius 1 is 0.905 bits per heavy atom. The van der Waals surface area contributed by atoms with Crippen molar-refractivity contribution in [2.24, 2.45) is 0 Å². The minimum Gasteiger partial charge on any atom is -0.362 e. The number of anilines is 2. The molecule has 0 radical (unpaired) electrons. The fraction of sp³-hybridized carbons (Fsp3) is 0.133. The number of nitrogens with zero attached hydrogens (tertiary/aromatic N) is 1. The van der Waals surface area contributed by atoms with Crippen LogP contribution in [-0.2, 0) is 14.3 Å². The first-order chi connectivity index (χ1) is 10.2. The van der Waals surface area contributed by atoms with Crippen LogP contribution in [-0.4, -0.2) is 30.0 Å². The van der Waals surface area contributed by atoms with Gasteiger partial charge in [-0.3, -0.25) is 14.6 Å². The molecular formula is C15H15N3O3. The lowest BCUT2D eigenvalue weighted by molar-refractivity contribution is -0.125. The summed E-state index contributed by atoms with van der Waals surface area (Å²) >= 11 is 0. The van der Waals surface area contributed by atoms with E-state index in [1.807, 2.05) is 18.2 Å². The van der Waals surface area contributed by atoms with Crippen LogP contribution in [0.1, 0.15) is 0 Å². The average Bonchev–Trinajstić information content (AvgIpc) is 2.49. The van der Waals surface area contributed by atoms with Crippen molar-refractivity contribution in [3.05, 3.63) is 54.9 Å². The van der Waals surface area contributed by atoms with Crippen LogP contribution in [0.5, 0.6) is 0 Å². The van der Waals surface area contributed by atoms with Gasteiger partial charge in [0.05, 0.1) is 11.9 Å². The third-order valence-corrected chi connectivity index (χ3v) is 2.47. The van der Waals surface area contributed by atoms with Crippen molar-refractivity contribution in [2.75, 3.05) is 23.8 Å². The molecule has 108 valence electrons. The van der Waals surface area contributed by atoms with Gasteiger partial charge in [0.15, 0.2) is 0 Å². The predicted molar refractivity (Wildman–Crippen MR) is 78.8 cm³/mol. The van der Waals surface area contributed by atoms with Gasteiger partial charge < -0.3 is 15.4 Å². The summed E-state index contributed by atoms with van der Waals surface area (Å²) in [5, 5.41) is 5.27. The summed E-state index contributed by atoms with van der Waals surface area (Å²) in [7, 11) is 0. The molecule has 2 rings (SSSR count). The minimum atomic E-state index is -0.337. The summed E-state index contributed by atoms with van der Waals surface area (Å²) in [5.74, 6) is -0.647. The predicted octanol–water partition coefficient (Wildman–Crippen LogP) is 1.68. The fourth-order valence-electron chi connectivity index (χ4n) is 1.59. The van der Waals surface area contributed by atoms with E-state index in [0.29, 0.717) is 11.4 Å². The van der Waals surface area contributed by atoms with Crippen LogP contribution in [0.2, 0.25) is 0 Å². The first-order valence-corrected chi connectivity index (χ1v) is 6.36. The Kier molecular flexibility index (Phi) is 5.42. The van der Waals surface area contributed by atoms with Gasteiger partial charge in [-0.25, -0.2) is 0 Å². The minimum absolute atomic E-state index is 0.185. The van der Waals surface area contributed by atoms with Crippen molar-refractivity contribution in [1.82, 2.24) is 4.98 Å². The van der Waals surface area contributed by atoms with Crippen molar-refractivity contribution in [3.63, 3.8) is 0 Å². The third-order valence-electron chi connectivity index (χ3n) is 2.47. The van der Waals surface area contributed by atoms with Crippen LogP contribution in [0.15, 0.2) is 54.9 Å². The van der Waals surface area contributed by atoms with Gasteiger partial charge in [0.2, 0.25) is 11.8 Å². The molecule has 6 heteroatoms. The first kappa shape index (κ1) is 14.7. The maximum absolute atomic E-state index is 11.6. The van der Waals surface area contributed by atoms with E-state index in [-0.39, 0.29) is 25.0 Å². The zero-order valence-corrected chi connectivity index (χ0v) is 11.3. The van der Waals surface area contributed by atoms with E-state index in [1.54, 1.807) is 30.5 Å². The van der Waals surface area contributed by atoms with Crippen LogP contribution >= 0.6 is 0 Å². The van der Waals surface area contributed by atoms with Gasteiger partial charge in [-0.1, -0.05) is 18.2 Å². The zero-order chi connectivity index (χ0) is 14.9. The molecule has 6 nitrogen and oxygen atoms in total. The van der Waals surface area contributed by atoms with Gasteiger partial charge >= 0.3 is 0 Å². The van der Waals surface area contributed by atoms with E-state index in [1.165, 1.54) is 6.20 Å². The van der Waals surface area contributed by atoms with Gasteiger partial charge in [-0.05, 0) is 24.3 Å². The lowest BCUT2D eigenvalue weighted by Crippen LogP contribution is -2.23. The van der Waals surface area contributed by atoms with Crippen molar-refractivity contribution in [2.45, 2.75) is 0 Å². The van der Waals surface area contributed by atoms with Crippen LogP contribution in [0.3, 0.4) is 0 Å². The Labute approximate surface area is 122 Å². The summed E-state index contributed by atoms with van der Waals surface area (Å²) in [6.45, 7) is -0.382. The van der Waals surface area contributed by atoms with Crippen molar-refractivity contribution in [3.8, 4) is 0 Å². The van der Waals surface area contributed by atoms with Gasteiger partial charge in [-0.15, -0.1) is 0 Å². The van der Waals surface area contributed by atoms with Crippen molar-refractivity contribution >= 4 is 23.2 Å². The topological polar surface area (TPSA) is 80.3 Å². The summed E-state index contributed by atoms with van der Waals surface area (Å²) < 4.78 is 5.06. The van der Waals surface area contributed by atoms with E-state index in [9.17, 15) is 9.59 Å². The molecule has 0 aliphatic rings. The Balaban J connectivity index is 1.67. The maximum Gasteiger partial charge on any atom is 0.250 e. The van der Waals surface area contributed by atoms with E-state index in [4.69, 9.17) is 4.74 Å². The number of hydrogen-bond donors (Lipinski definition) is 2. The number of benzene rings is 1. The largest absolute Gasteiger partial charge is 0.362 e. The van der Waals surface area contributed by atoms with Gasteiger partial charge in [0.1, 0.15) is 13.2 Å². The highest BCUT2D eigenvalue weighted by Crippen LogP contribution is 2.04. The number of carbonyl (C=O) groups excluding carboxylic acids is 2. The molecule has 1 aromatic heterocycles. The van der Waals surface area contributed by atoms with Crippen molar-refractivity contribution in [1.29, 1.82) is 0 Å². The van der Waals surface area contributed by atoms with Crippen molar-refractivity contribution < 1.29 is 14.3 Å². The molecular weight excluding hydrogens is 270 g/mol. The van der Waals surface area contributed by atoms with Gasteiger partial charge in [0.25, 0.3) is 0 Å². The molecule has 0 unspecified atom stereocenters. The Morgan fingerprint density at radius 2 is 1.52 bits per heavy atom. The quantitative estimate of drug-likeness (QED) is 0.846. The van der Waals surface area contributed by atoms with E-state index in [2.05, 4.69) is 15.6 Å². The number of amides is 2. The first-order valence-electron chi connectivity index (χ1n) is 6.36. The number of ether oxygens (including phenoxy) is 1. The van der Waals surface area contributed by atoms with Crippen LogP contribution in [0.25, 0.3) is 0 Å². The average molecular weight is 285 g/mol. The Bertz CT molecular complexity index is 534. The van der Waals surface area contributed by atoms with Crippen LogP contribution < -0.4 is 10.6 Å². The molecule has 0 aliphatic carbocycles. The second-order valence-electron chi connectivity index (χ2n) is 4.20. The highest BCUT2D eigenvalue weighted by molar-refractivity contribution is 5.93. The number of para-hydroxylation sites is 1. The van der Waals surface area contributed by atoms with Gasteiger partial charge in [-0.2, -0.15) is 0 Å². The maximum atomic E-state index is 11.6. The standard InChI is InChI=1S/C15H15N3O3/c19-14(17-12-5-2-1-3-6-12)10-21-11-15(20)18-13-7-4-8-16-9-13/h1-9H,10-11H2,(H,17,19)(H,18,20). The van der Waals surface area contributed by atoms with E-state index in [0.717, 1.165) is 0 Å². The molecule has 1 heterocycles. The highest BCUT2D eigenvalue weighted by Gasteiger charge is 2.06. The molecule has 0 atom stereocenters. The molecule has 2 amide bonds. The number of pyridine rings is 1. The molecule has 0 aliphatic heterocycles. The second kappa shape index (κ2) is 7.76. The molecule has 0 saturated carbocycles. The SMILES string of the molecule is O=C(COCC(=O)Nc1cccnc1)Nc1ccccc1. The smallest absolute Gasteiger partial charge is 0.250 e. The number of aromatic nitrogens is 1. The number of hydrogen-bond acceptors (Lipinski definition) is 4. The third kappa shape index (κ3) is 5.42. The summed E-state index contributed by atoms with van der Waals surface area (Å²) in [6.07, 6.45) is 3.14. The molecule has 1 aromatic carbocycles. The molecule has 2 aromatic rings.